The molecule has 205 valence electrons. The number of piperidine rings is 1. The molecule has 7 rings (SSSR count). The molecule has 1 atom stereocenters. The van der Waals surface area contributed by atoms with Gasteiger partial charge in [0.2, 0.25) is 5.91 Å². The van der Waals surface area contributed by atoms with Gasteiger partial charge in [-0.25, -0.2) is 4.98 Å². The number of benzene rings is 2. The maximum absolute atomic E-state index is 13.4. The molecule has 4 aromatic rings. The topological polar surface area (TPSA) is 75.4 Å². The van der Waals surface area contributed by atoms with Crippen molar-refractivity contribution in [2.75, 3.05) is 13.1 Å². The number of fused-ring (bicyclic) bond motifs is 2. The van der Waals surface area contributed by atoms with Crippen LogP contribution in [0.4, 0.5) is 0 Å². The second-order valence-corrected chi connectivity index (χ2v) is 12.7. The molecule has 40 heavy (non-hydrogen) atoms. The monoisotopic (exact) mass is 552 g/mol. The summed E-state index contributed by atoms with van der Waals surface area (Å²) in [4.78, 5) is 34.3. The van der Waals surface area contributed by atoms with Crippen LogP contribution in [-0.4, -0.2) is 44.2 Å². The minimum atomic E-state index is -1.04. The van der Waals surface area contributed by atoms with Gasteiger partial charge in [0.1, 0.15) is 0 Å². The number of carbonyl (C=O) groups is 1. The lowest BCUT2D eigenvalue weighted by atomic mass is 9.88. The van der Waals surface area contributed by atoms with Gasteiger partial charge in [-0.05, 0) is 85.1 Å². The van der Waals surface area contributed by atoms with E-state index in [-0.39, 0.29) is 23.9 Å². The Kier molecular flexibility index (Phi) is 6.59. The Bertz CT molecular complexity index is 1610. The molecule has 2 aromatic heterocycles. The SMILES string of the molecule is O=C(CC(c1ccccc1)C1CC1)N1CCC(O)(Cn2cnc3c(-c4ccc5c(c4)C[CH]C5)scc3c2=O)CC1. The average molecular weight is 553 g/mol. The Morgan fingerprint density at radius 3 is 2.62 bits per heavy atom. The van der Waals surface area contributed by atoms with Gasteiger partial charge in [-0.1, -0.05) is 42.5 Å². The maximum atomic E-state index is 13.4. The van der Waals surface area contributed by atoms with Crippen molar-refractivity contribution in [2.45, 2.75) is 63.0 Å². The fourth-order valence-corrected chi connectivity index (χ4v) is 7.53. The molecule has 3 heterocycles. The average Bonchev–Trinajstić information content (AvgIpc) is 3.54. The van der Waals surface area contributed by atoms with Gasteiger partial charge >= 0.3 is 0 Å². The molecule has 1 amide bonds. The Morgan fingerprint density at radius 2 is 1.85 bits per heavy atom. The summed E-state index contributed by atoms with van der Waals surface area (Å²) in [5.74, 6) is 1.04. The minimum Gasteiger partial charge on any atom is -0.388 e. The van der Waals surface area contributed by atoms with Crippen molar-refractivity contribution in [3.05, 3.63) is 93.7 Å². The van der Waals surface area contributed by atoms with Crippen LogP contribution in [-0.2, 0) is 24.2 Å². The molecule has 1 saturated carbocycles. The van der Waals surface area contributed by atoms with Crippen LogP contribution in [0.15, 0.2) is 65.0 Å². The highest BCUT2D eigenvalue weighted by molar-refractivity contribution is 7.15. The smallest absolute Gasteiger partial charge is 0.262 e. The van der Waals surface area contributed by atoms with Gasteiger partial charge in [0, 0.05) is 24.9 Å². The van der Waals surface area contributed by atoms with E-state index in [2.05, 4.69) is 41.7 Å². The van der Waals surface area contributed by atoms with E-state index in [1.807, 2.05) is 28.5 Å². The summed E-state index contributed by atoms with van der Waals surface area (Å²) >= 11 is 1.55. The molecule has 2 aliphatic carbocycles. The molecule has 1 unspecified atom stereocenters. The fourth-order valence-electron chi connectivity index (χ4n) is 6.54. The van der Waals surface area contributed by atoms with E-state index in [4.69, 9.17) is 0 Å². The maximum Gasteiger partial charge on any atom is 0.262 e. The van der Waals surface area contributed by atoms with Crippen LogP contribution in [0.1, 0.15) is 54.7 Å². The van der Waals surface area contributed by atoms with Gasteiger partial charge < -0.3 is 10.0 Å². The number of nitrogens with zero attached hydrogens (tertiary/aromatic N) is 3. The van der Waals surface area contributed by atoms with Crippen molar-refractivity contribution >= 4 is 28.1 Å². The Balaban J connectivity index is 1.03. The Labute approximate surface area is 238 Å². The van der Waals surface area contributed by atoms with Crippen LogP contribution in [0.25, 0.3) is 21.3 Å². The molecule has 1 saturated heterocycles. The van der Waals surface area contributed by atoms with Crippen molar-refractivity contribution < 1.29 is 9.90 Å². The van der Waals surface area contributed by atoms with Crippen LogP contribution in [0.5, 0.6) is 0 Å². The zero-order valence-electron chi connectivity index (χ0n) is 22.6. The molecule has 1 radical (unpaired) electrons. The van der Waals surface area contributed by atoms with Gasteiger partial charge in [0.05, 0.1) is 34.3 Å². The number of carbonyl (C=O) groups excluding carboxylic acids is 1. The zero-order chi connectivity index (χ0) is 27.3. The molecule has 2 fully saturated rings. The number of amides is 1. The summed E-state index contributed by atoms with van der Waals surface area (Å²) in [7, 11) is 0. The molecule has 1 N–H and O–H groups in total. The number of hydrogen-bond acceptors (Lipinski definition) is 5. The lowest BCUT2D eigenvalue weighted by molar-refractivity contribution is -0.136. The van der Waals surface area contributed by atoms with Crippen molar-refractivity contribution in [1.82, 2.24) is 14.5 Å². The molecular formula is C33H34N3O3S. The fraction of sp³-hybridized carbons (Fsp3) is 0.394. The van der Waals surface area contributed by atoms with Gasteiger partial charge in [-0.15, -0.1) is 11.3 Å². The van der Waals surface area contributed by atoms with E-state index in [1.165, 1.54) is 29.5 Å². The first-order valence-corrected chi connectivity index (χ1v) is 15.3. The van der Waals surface area contributed by atoms with E-state index < -0.39 is 5.60 Å². The number of thiophene rings is 1. The Morgan fingerprint density at radius 1 is 1.07 bits per heavy atom. The van der Waals surface area contributed by atoms with E-state index in [0.29, 0.717) is 43.7 Å². The largest absolute Gasteiger partial charge is 0.388 e. The predicted octanol–water partition coefficient (Wildman–Crippen LogP) is 5.37. The first-order chi connectivity index (χ1) is 19.5. The number of likely N-dealkylation sites (tertiary alicyclic amines) is 1. The van der Waals surface area contributed by atoms with Crippen LogP contribution in [0.2, 0.25) is 0 Å². The molecule has 0 spiro atoms. The third kappa shape index (κ3) is 4.90. The normalized spacial score (nSPS) is 19.1. The van der Waals surface area contributed by atoms with Gasteiger partial charge in [-0.3, -0.25) is 14.2 Å². The molecule has 6 nitrogen and oxygen atoms in total. The van der Waals surface area contributed by atoms with Crippen LogP contribution in [0, 0.1) is 12.3 Å². The molecule has 0 bridgehead atoms. The number of rotatable bonds is 7. The van der Waals surface area contributed by atoms with Gasteiger partial charge in [-0.2, -0.15) is 0 Å². The first-order valence-electron chi connectivity index (χ1n) is 14.4. The van der Waals surface area contributed by atoms with Gasteiger partial charge in [0.25, 0.3) is 5.56 Å². The summed E-state index contributed by atoms with van der Waals surface area (Å²) < 4.78 is 1.55. The highest BCUT2D eigenvalue weighted by Crippen LogP contribution is 2.45. The summed E-state index contributed by atoms with van der Waals surface area (Å²) in [5.41, 5.74) is 4.64. The van der Waals surface area contributed by atoms with E-state index >= 15 is 0 Å². The van der Waals surface area contributed by atoms with Crippen molar-refractivity contribution in [2.24, 2.45) is 5.92 Å². The number of aromatic nitrogens is 2. The Hall–Kier alpha value is -3.29. The highest BCUT2D eigenvalue weighted by atomic mass is 32.1. The van der Waals surface area contributed by atoms with Crippen molar-refractivity contribution in [3.8, 4) is 10.4 Å². The molecule has 7 heteroatoms. The summed E-state index contributed by atoms with van der Waals surface area (Å²) in [6.45, 7) is 1.19. The third-order valence-electron chi connectivity index (χ3n) is 9.10. The van der Waals surface area contributed by atoms with Gasteiger partial charge in [0.15, 0.2) is 0 Å². The third-order valence-corrected chi connectivity index (χ3v) is 10.1. The van der Waals surface area contributed by atoms with E-state index in [0.717, 1.165) is 28.8 Å². The number of aliphatic hydroxyl groups is 1. The molecule has 1 aliphatic heterocycles. The summed E-state index contributed by atoms with van der Waals surface area (Å²) in [6, 6.07) is 16.9. The summed E-state index contributed by atoms with van der Waals surface area (Å²) in [5, 5.41) is 13.9. The van der Waals surface area contributed by atoms with E-state index in [1.54, 1.807) is 22.2 Å². The predicted molar refractivity (Wildman–Crippen MR) is 158 cm³/mol. The van der Waals surface area contributed by atoms with Crippen LogP contribution >= 0.6 is 11.3 Å². The lowest BCUT2D eigenvalue weighted by Crippen LogP contribution is -2.49. The standard InChI is InChI=1S/C33H34N3O3S/c37-29(18-27(24-10-11-24)23-5-2-1-3-6-23)35-15-13-33(39,14-16-35)20-36-21-34-30-28(32(36)38)19-40-31(30)26-12-9-22-7-4-8-25(22)17-26/h1-6,9,12,17,19,21,24,27,39H,7-8,10-11,13-16,18,20H2. The number of hydrogen-bond donors (Lipinski definition) is 1. The quantitative estimate of drug-likeness (QED) is 0.335. The van der Waals surface area contributed by atoms with Crippen molar-refractivity contribution in [3.63, 3.8) is 0 Å². The van der Waals surface area contributed by atoms with E-state index in [9.17, 15) is 14.7 Å². The summed E-state index contributed by atoms with van der Waals surface area (Å²) in [6.07, 6.45) is 9.68. The molecular weight excluding hydrogens is 518 g/mol. The molecule has 3 aliphatic rings. The highest BCUT2D eigenvalue weighted by Gasteiger charge is 2.38. The first kappa shape index (κ1) is 25.7. The van der Waals surface area contributed by atoms with Crippen LogP contribution in [0.3, 0.4) is 0 Å². The second-order valence-electron chi connectivity index (χ2n) is 11.8. The van der Waals surface area contributed by atoms with Crippen molar-refractivity contribution in [1.29, 1.82) is 0 Å². The second kappa shape index (κ2) is 10.3. The zero-order valence-corrected chi connectivity index (χ0v) is 23.4. The lowest BCUT2D eigenvalue weighted by Gasteiger charge is -2.39. The minimum absolute atomic E-state index is 0.121. The van der Waals surface area contributed by atoms with Crippen LogP contribution < -0.4 is 5.56 Å². The molecule has 2 aromatic carbocycles.